The highest BCUT2D eigenvalue weighted by molar-refractivity contribution is 5.71. The molecule has 2 N–H and O–H groups in total. The van der Waals surface area contributed by atoms with Crippen LogP contribution in [0, 0.1) is 0 Å². The van der Waals surface area contributed by atoms with Gasteiger partial charge in [0.15, 0.2) is 0 Å². The van der Waals surface area contributed by atoms with Crippen LogP contribution >= 0.6 is 0 Å². The molecule has 80 valence electrons. The molecule has 0 spiro atoms. The number of rotatable bonds is 2. The highest BCUT2D eigenvalue weighted by Gasteiger charge is 2.25. The largest absolute Gasteiger partial charge is 0.468 e. The first kappa shape index (κ1) is 9.70. The van der Waals surface area contributed by atoms with Gasteiger partial charge in [-0.2, -0.15) is 4.57 Å². The predicted molar refractivity (Wildman–Crippen MR) is 54.5 cm³/mol. The van der Waals surface area contributed by atoms with Crippen LogP contribution in [-0.4, -0.2) is 24.1 Å². The summed E-state index contributed by atoms with van der Waals surface area (Å²) in [6.45, 7) is 0. The van der Waals surface area contributed by atoms with Gasteiger partial charge in [0, 0.05) is 0 Å². The molecule has 0 fully saturated rings. The summed E-state index contributed by atoms with van der Waals surface area (Å²) >= 11 is 0. The molecule has 6 heteroatoms. The zero-order valence-electron chi connectivity index (χ0n) is 9.33. The zero-order valence-corrected chi connectivity index (χ0v) is 9.33. The fourth-order valence-electron chi connectivity index (χ4n) is 1.69. The number of methoxy groups -OCH3 is 1. The molecule has 15 heavy (non-hydrogen) atoms. The summed E-state index contributed by atoms with van der Waals surface area (Å²) in [5, 5.41) is 3.01. The van der Waals surface area contributed by atoms with E-state index in [4.69, 9.17) is 4.74 Å². The van der Waals surface area contributed by atoms with Gasteiger partial charge in [-0.15, -0.1) is 0 Å². The maximum absolute atomic E-state index is 5.38. The fraction of sp³-hybridized carbons (Fsp3) is 0.444. The van der Waals surface area contributed by atoms with E-state index in [1.165, 1.54) is 0 Å². The van der Waals surface area contributed by atoms with E-state index in [1.807, 2.05) is 36.6 Å². The Hall–Kier alpha value is -1.85. The Morgan fingerprint density at radius 3 is 2.80 bits per heavy atom. The lowest BCUT2D eigenvalue weighted by Gasteiger charge is -2.03. The normalized spacial score (nSPS) is 10.7. The Morgan fingerprint density at radius 2 is 2.20 bits per heavy atom. The minimum absolute atomic E-state index is 0.752. The van der Waals surface area contributed by atoms with Gasteiger partial charge in [-0.3, -0.25) is 5.32 Å². The Morgan fingerprint density at radius 1 is 1.47 bits per heavy atom. The lowest BCUT2D eigenvalue weighted by Crippen LogP contribution is -2.38. The van der Waals surface area contributed by atoms with Gasteiger partial charge < -0.3 is 4.74 Å². The standard InChI is InChI=1S/C9H13N5O/c1-10-9-12-7-6(13(2)5-11-7)8(15-4)14(9)3/h5H,1-4H3/p+2. The number of imidazole rings is 1. The van der Waals surface area contributed by atoms with Gasteiger partial charge in [0.05, 0.1) is 28.3 Å². The number of H-pyrrole nitrogens is 1. The molecule has 0 aliphatic rings. The van der Waals surface area contributed by atoms with Gasteiger partial charge >= 0.3 is 17.5 Å². The zero-order chi connectivity index (χ0) is 11.0. The molecule has 0 aliphatic heterocycles. The molecule has 2 aromatic heterocycles. The summed E-state index contributed by atoms with van der Waals surface area (Å²) in [6.07, 6.45) is 1.85. The lowest BCUT2D eigenvalue weighted by molar-refractivity contribution is -0.680. The molecule has 0 aliphatic carbocycles. The molecular formula is C9H15N5O+2. The van der Waals surface area contributed by atoms with Crippen molar-refractivity contribution in [3.63, 3.8) is 0 Å². The molecule has 6 nitrogen and oxygen atoms in total. The molecule has 2 heterocycles. The van der Waals surface area contributed by atoms with Gasteiger partial charge in [0.25, 0.3) is 5.52 Å². The predicted octanol–water partition coefficient (Wildman–Crippen LogP) is -0.738. The van der Waals surface area contributed by atoms with E-state index in [0.29, 0.717) is 0 Å². The van der Waals surface area contributed by atoms with Crippen LogP contribution in [0.5, 0.6) is 5.88 Å². The van der Waals surface area contributed by atoms with Crippen molar-refractivity contribution in [2.45, 2.75) is 0 Å². The maximum Gasteiger partial charge on any atom is 0.398 e. The van der Waals surface area contributed by atoms with Gasteiger partial charge in [-0.1, -0.05) is 0 Å². The minimum Gasteiger partial charge on any atom is -0.468 e. The summed E-state index contributed by atoms with van der Waals surface area (Å²) in [5.41, 5.74) is 1.75. The topological polar surface area (TPSA) is 57.7 Å². The second-order valence-electron chi connectivity index (χ2n) is 3.34. The van der Waals surface area contributed by atoms with E-state index in [0.717, 1.165) is 23.0 Å². The van der Waals surface area contributed by atoms with Crippen molar-refractivity contribution >= 4 is 17.1 Å². The van der Waals surface area contributed by atoms with Crippen LogP contribution in [-0.2, 0) is 14.1 Å². The lowest BCUT2D eigenvalue weighted by atomic mass is 10.5. The van der Waals surface area contributed by atoms with Crippen molar-refractivity contribution in [1.82, 2.24) is 9.97 Å². The summed E-state index contributed by atoms with van der Waals surface area (Å²) in [6, 6.07) is 0. The number of anilines is 1. The first-order valence-corrected chi connectivity index (χ1v) is 4.67. The van der Waals surface area contributed by atoms with Gasteiger partial charge in [-0.25, -0.2) is 9.55 Å². The number of nitrogens with zero attached hydrogens (tertiary/aromatic N) is 3. The number of aromatic nitrogens is 4. The number of hydrogen-bond donors (Lipinski definition) is 2. The van der Waals surface area contributed by atoms with E-state index < -0.39 is 0 Å². The molecule has 0 bridgehead atoms. The molecular weight excluding hydrogens is 194 g/mol. The number of fused-ring (bicyclic) bond motifs is 1. The molecule has 0 unspecified atom stereocenters. The Bertz CT molecular complexity index is 505. The Kier molecular flexibility index (Phi) is 2.18. The van der Waals surface area contributed by atoms with Gasteiger partial charge in [0.1, 0.15) is 0 Å². The van der Waals surface area contributed by atoms with Crippen molar-refractivity contribution in [3.8, 4) is 5.88 Å². The SMILES string of the molecule is CNc1nc2[nH]c[n+](C)c2c(OC)[n+]1C. The molecule has 0 radical (unpaired) electrons. The maximum atomic E-state index is 5.38. The average molecular weight is 209 g/mol. The third-order valence-electron chi connectivity index (χ3n) is 2.43. The van der Waals surface area contributed by atoms with E-state index >= 15 is 0 Å². The number of hydrogen-bond acceptors (Lipinski definition) is 3. The first-order valence-electron chi connectivity index (χ1n) is 4.67. The van der Waals surface area contributed by atoms with Crippen molar-refractivity contribution in [3.05, 3.63) is 6.33 Å². The van der Waals surface area contributed by atoms with Gasteiger partial charge in [0.2, 0.25) is 6.33 Å². The summed E-state index contributed by atoms with van der Waals surface area (Å²) in [7, 11) is 7.34. The number of ether oxygens (including phenoxy) is 1. The number of aryl methyl sites for hydroxylation is 1. The highest BCUT2D eigenvalue weighted by Crippen LogP contribution is 2.16. The molecule has 0 saturated heterocycles. The van der Waals surface area contributed by atoms with Crippen molar-refractivity contribution in [2.75, 3.05) is 19.5 Å². The van der Waals surface area contributed by atoms with E-state index in [-0.39, 0.29) is 0 Å². The third kappa shape index (κ3) is 1.29. The van der Waals surface area contributed by atoms with Crippen LogP contribution < -0.4 is 19.2 Å². The smallest absolute Gasteiger partial charge is 0.398 e. The Balaban J connectivity index is 2.86. The minimum atomic E-state index is 0.752. The van der Waals surface area contributed by atoms with Crippen molar-refractivity contribution in [2.24, 2.45) is 14.1 Å². The quantitative estimate of drug-likeness (QED) is 0.641. The Labute approximate surface area is 87.5 Å². The molecule has 0 atom stereocenters. The summed E-state index contributed by atoms with van der Waals surface area (Å²) in [5.74, 6) is 1.52. The van der Waals surface area contributed by atoms with E-state index in [1.54, 1.807) is 7.11 Å². The van der Waals surface area contributed by atoms with Crippen LogP contribution in [0.25, 0.3) is 11.2 Å². The van der Waals surface area contributed by atoms with Crippen LogP contribution in [0.1, 0.15) is 0 Å². The monoisotopic (exact) mass is 209 g/mol. The fourth-order valence-corrected chi connectivity index (χ4v) is 1.69. The van der Waals surface area contributed by atoms with Crippen LogP contribution in [0.4, 0.5) is 5.95 Å². The molecule has 0 aromatic carbocycles. The first-order chi connectivity index (χ1) is 7.19. The van der Waals surface area contributed by atoms with Crippen molar-refractivity contribution in [1.29, 1.82) is 0 Å². The van der Waals surface area contributed by atoms with E-state index in [2.05, 4.69) is 15.3 Å². The van der Waals surface area contributed by atoms with Crippen LogP contribution in [0.15, 0.2) is 6.33 Å². The number of nitrogens with one attached hydrogen (secondary N) is 2. The second-order valence-corrected chi connectivity index (χ2v) is 3.34. The molecule has 2 rings (SSSR count). The summed E-state index contributed by atoms with van der Waals surface area (Å²) in [4.78, 5) is 7.50. The molecule has 0 saturated carbocycles. The summed E-state index contributed by atoms with van der Waals surface area (Å²) < 4.78 is 9.20. The van der Waals surface area contributed by atoms with E-state index in [9.17, 15) is 0 Å². The molecule has 2 aromatic rings. The van der Waals surface area contributed by atoms with Crippen LogP contribution in [0.3, 0.4) is 0 Å². The van der Waals surface area contributed by atoms with Crippen molar-refractivity contribution < 1.29 is 13.9 Å². The number of aromatic amines is 1. The second kappa shape index (κ2) is 3.38. The van der Waals surface area contributed by atoms with Crippen LogP contribution in [0.2, 0.25) is 0 Å². The highest BCUT2D eigenvalue weighted by atomic mass is 16.5. The van der Waals surface area contributed by atoms with Gasteiger partial charge in [-0.05, 0) is 4.98 Å². The molecule has 0 amide bonds. The average Bonchev–Trinajstić information content (AvgIpc) is 2.60. The third-order valence-corrected chi connectivity index (χ3v) is 2.43.